The molecule has 0 saturated carbocycles. The van der Waals surface area contributed by atoms with Crippen LogP contribution < -0.4 is 17.2 Å². The molecule has 0 saturated heterocycles. The van der Waals surface area contributed by atoms with Crippen LogP contribution in [0.4, 0.5) is 11.6 Å². The molecular formula is C9H11ClN6O. The van der Waals surface area contributed by atoms with Gasteiger partial charge in [0.05, 0.1) is 0 Å². The zero-order chi connectivity index (χ0) is 13.0. The summed E-state index contributed by atoms with van der Waals surface area (Å²) in [5, 5.41) is -0.0942. The fraction of sp³-hybridized carbons (Fsp3) is 0. The van der Waals surface area contributed by atoms with Gasteiger partial charge in [0.15, 0.2) is 22.5 Å². The van der Waals surface area contributed by atoms with E-state index in [2.05, 4.69) is 16.5 Å². The molecule has 7 nitrogen and oxygen atoms in total. The van der Waals surface area contributed by atoms with Crippen LogP contribution in [0.2, 0.25) is 5.15 Å². The van der Waals surface area contributed by atoms with E-state index in [1.54, 1.807) is 0 Å². The first-order chi connectivity index (χ1) is 8.01. The van der Waals surface area contributed by atoms with Crippen molar-refractivity contribution in [1.82, 2.24) is 14.9 Å². The largest absolute Gasteiger partial charge is 0.403 e. The number of halogens is 1. The standard InChI is InChI=1S/C9H11ClN6O/c1-2-16(4-3-11)9(17)5-7(12)15-8(13)6(10)14-5/h2-4H,1,11H2,(H4,12,13,15)/b4-3-. The number of hydrogen-bond donors (Lipinski definition) is 3. The third-order valence-electron chi connectivity index (χ3n) is 1.79. The number of aromatic nitrogens is 2. The summed E-state index contributed by atoms with van der Waals surface area (Å²) in [6, 6.07) is 0. The summed E-state index contributed by atoms with van der Waals surface area (Å²) in [5.41, 5.74) is 16.0. The Balaban J connectivity index is 3.20. The van der Waals surface area contributed by atoms with E-state index in [4.69, 9.17) is 28.8 Å². The first kappa shape index (κ1) is 12.8. The van der Waals surface area contributed by atoms with Crippen molar-refractivity contribution in [3.05, 3.63) is 36.0 Å². The Labute approximate surface area is 103 Å². The summed E-state index contributed by atoms with van der Waals surface area (Å²) in [4.78, 5) is 20.5. The van der Waals surface area contributed by atoms with Crippen LogP contribution in [0.1, 0.15) is 10.5 Å². The quantitative estimate of drug-likeness (QED) is 0.713. The molecule has 1 amide bonds. The minimum Gasteiger partial charge on any atom is -0.403 e. The molecule has 0 aliphatic heterocycles. The minimum absolute atomic E-state index is 0.0414. The lowest BCUT2D eigenvalue weighted by Crippen LogP contribution is -2.23. The molecule has 0 aliphatic rings. The van der Waals surface area contributed by atoms with E-state index in [-0.39, 0.29) is 22.5 Å². The van der Waals surface area contributed by atoms with Gasteiger partial charge in [-0.15, -0.1) is 0 Å². The molecule has 1 aromatic rings. The van der Waals surface area contributed by atoms with Gasteiger partial charge in [0.1, 0.15) is 0 Å². The van der Waals surface area contributed by atoms with Crippen LogP contribution in [0, 0.1) is 0 Å². The van der Waals surface area contributed by atoms with E-state index in [1.807, 2.05) is 0 Å². The fourth-order valence-corrected chi connectivity index (χ4v) is 1.15. The van der Waals surface area contributed by atoms with Gasteiger partial charge in [0.25, 0.3) is 5.91 Å². The number of carbonyl (C=O) groups is 1. The second kappa shape index (κ2) is 5.17. The molecule has 1 heterocycles. The summed E-state index contributed by atoms with van der Waals surface area (Å²) in [6.07, 6.45) is 3.71. The fourth-order valence-electron chi connectivity index (χ4n) is 1.03. The average Bonchev–Trinajstić information content (AvgIpc) is 2.30. The number of nitrogens with zero attached hydrogens (tertiary/aromatic N) is 3. The van der Waals surface area contributed by atoms with Gasteiger partial charge in [-0.1, -0.05) is 18.2 Å². The topological polar surface area (TPSA) is 124 Å². The van der Waals surface area contributed by atoms with Gasteiger partial charge in [0.2, 0.25) is 0 Å². The van der Waals surface area contributed by atoms with Crippen molar-refractivity contribution in [1.29, 1.82) is 0 Å². The highest BCUT2D eigenvalue weighted by Crippen LogP contribution is 2.18. The van der Waals surface area contributed by atoms with Crippen molar-refractivity contribution in [2.75, 3.05) is 11.5 Å². The SMILES string of the molecule is C=CN(/C=C\N)C(=O)c1nc(Cl)c(N)nc1N. The second-order valence-electron chi connectivity index (χ2n) is 2.87. The molecule has 1 aromatic heterocycles. The highest BCUT2D eigenvalue weighted by molar-refractivity contribution is 6.31. The van der Waals surface area contributed by atoms with Crippen molar-refractivity contribution in [2.45, 2.75) is 0 Å². The van der Waals surface area contributed by atoms with E-state index in [1.165, 1.54) is 18.6 Å². The van der Waals surface area contributed by atoms with Crippen LogP contribution in [0.3, 0.4) is 0 Å². The Hall–Kier alpha value is -2.28. The molecule has 0 radical (unpaired) electrons. The first-order valence-corrected chi connectivity index (χ1v) is 4.81. The number of rotatable bonds is 3. The van der Waals surface area contributed by atoms with E-state index in [9.17, 15) is 4.79 Å². The molecule has 6 N–H and O–H groups in total. The molecule has 0 bridgehead atoms. The lowest BCUT2D eigenvalue weighted by molar-refractivity contribution is 0.0865. The molecule has 0 atom stereocenters. The number of nitrogens with two attached hydrogens (primary N) is 3. The summed E-state index contributed by atoms with van der Waals surface area (Å²) < 4.78 is 0. The van der Waals surface area contributed by atoms with Crippen LogP contribution in [0.5, 0.6) is 0 Å². The summed E-state index contributed by atoms with van der Waals surface area (Å²) in [7, 11) is 0. The average molecular weight is 255 g/mol. The summed E-state index contributed by atoms with van der Waals surface area (Å²) >= 11 is 5.66. The van der Waals surface area contributed by atoms with Gasteiger partial charge in [0, 0.05) is 18.6 Å². The molecule has 0 spiro atoms. The Bertz CT molecular complexity index is 487. The summed E-state index contributed by atoms with van der Waals surface area (Å²) in [6.45, 7) is 3.45. The van der Waals surface area contributed by atoms with Crippen LogP contribution in [0.15, 0.2) is 25.2 Å². The molecule has 0 fully saturated rings. The van der Waals surface area contributed by atoms with Crippen LogP contribution in [0.25, 0.3) is 0 Å². The zero-order valence-corrected chi connectivity index (χ0v) is 9.55. The van der Waals surface area contributed by atoms with Gasteiger partial charge < -0.3 is 17.2 Å². The van der Waals surface area contributed by atoms with Crippen molar-refractivity contribution in [2.24, 2.45) is 5.73 Å². The predicted molar refractivity (Wildman–Crippen MR) is 65.6 cm³/mol. The monoisotopic (exact) mass is 254 g/mol. The number of nitrogen functional groups attached to an aromatic ring is 2. The normalized spacial score (nSPS) is 10.4. The lowest BCUT2D eigenvalue weighted by Gasteiger charge is -2.13. The third-order valence-corrected chi connectivity index (χ3v) is 2.06. The van der Waals surface area contributed by atoms with E-state index >= 15 is 0 Å². The maximum Gasteiger partial charge on any atom is 0.284 e. The van der Waals surface area contributed by atoms with Crippen molar-refractivity contribution in [3.8, 4) is 0 Å². The Morgan fingerprint density at radius 2 is 2.00 bits per heavy atom. The number of hydrogen-bond acceptors (Lipinski definition) is 6. The Morgan fingerprint density at radius 3 is 2.53 bits per heavy atom. The van der Waals surface area contributed by atoms with E-state index in [0.29, 0.717) is 0 Å². The third kappa shape index (κ3) is 2.64. The van der Waals surface area contributed by atoms with Gasteiger partial charge in [-0.25, -0.2) is 9.97 Å². The van der Waals surface area contributed by atoms with Gasteiger partial charge >= 0.3 is 0 Å². The molecular weight excluding hydrogens is 244 g/mol. The zero-order valence-electron chi connectivity index (χ0n) is 8.80. The highest BCUT2D eigenvalue weighted by atomic mass is 35.5. The van der Waals surface area contributed by atoms with Crippen molar-refractivity contribution in [3.63, 3.8) is 0 Å². The number of amides is 1. The predicted octanol–water partition coefficient (Wildman–Crippen LogP) is 0.310. The van der Waals surface area contributed by atoms with Crippen LogP contribution in [-0.4, -0.2) is 20.8 Å². The van der Waals surface area contributed by atoms with Gasteiger partial charge in [-0.05, 0) is 0 Å². The molecule has 0 aromatic carbocycles. The maximum atomic E-state index is 11.9. The van der Waals surface area contributed by atoms with Crippen LogP contribution in [-0.2, 0) is 0 Å². The minimum atomic E-state index is -0.561. The molecule has 1 rings (SSSR count). The van der Waals surface area contributed by atoms with Crippen molar-refractivity contribution < 1.29 is 4.79 Å². The summed E-state index contributed by atoms with van der Waals surface area (Å²) in [5.74, 6) is -0.719. The second-order valence-corrected chi connectivity index (χ2v) is 3.23. The molecule has 0 aliphatic carbocycles. The van der Waals surface area contributed by atoms with Crippen LogP contribution >= 0.6 is 11.6 Å². The molecule has 0 unspecified atom stereocenters. The Kier molecular flexibility index (Phi) is 3.89. The maximum absolute atomic E-state index is 11.9. The Morgan fingerprint density at radius 1 is 1.35 bits per heavy atom. The van der Waals surface area contributed by atoms with Gasteiger partial charge in [-0.3, -0.25) is 9.69 Å². The highest BCUT2D eigenvalue weighted by Gasteiger charge is 2.19. The van der Waals surface area contributed by atoms with E-state index in [0.717, 1.165) is 4.90 Å². The van der Waals surface area contributed by atoms with Gasteiger partial charge in [-0.2, -0.15) is 0 Å². The lowest BCUT2D eigenvalue weighted by atomic mass is 10.3. The first-order valence-electron chi connectivity index (χ1n) is 4.43. The van der Waals surface area contributed by atoms with Crippen molar-refractivity contribution >= 4 is 29.1 Å². The molecule has 90 valence electrons. The molecule has 8 heteroatoms. The molecule has 17 heavy (non-hydrogen) atoms. The smallest absolute Gasteiger partial charge is 0.284 e. The number of carbonyl (C=O) groups excluding carboxylic acids is 1. The number of anilines is 2. The van der Waals surface area contributed by atoms with E-state index < -0.39 is 5.91 Å².